The van der Waals surface area contributed by atoms with Crippen molar-refractivity contribution in [2.75, 3.05) is 6.61 Å². The van der Waals surface area contributed by atoms with E-state index >= 15 is 0 Å². The molecule has 5 heteroatoms. The number of hydrogen-bond donors (Lipinski definition) is 2. The van der Waals surface area contributed by atoms with Gasteiger partial charge in [0, 0.05) is 18.0 Å². The summed E-state index contributed by atoms with van der Waals surface area (Å²) in [6.07, 6.45) is 2.83. The van der Waals surface area contributed by atoms with Gasteiger partial charge in [0.2, 0.25) is 10.0 Å². The van der Waals surface area contributed by atoms with Crippen molar-refractivity contribution in [2.45, 2.75) is 50.5 Å². The van der Waals surface area contributed by atoms with Crippen LogP contribution in [0.2, 0.25) is 0 Å². The van der Waals surface area contributed by atoms with Gasteiger partial charge in [0.1, 0.15) is 0 Å². The van der Waals surface area contributed by atoms with Gasteiger partial charge in [-0.2, -0.15) is 0 Å². The average molecular weight is 309 g/mol. The number of sulfonamides is 1. The van der Waals surface area contributed by atoms with E-state index in [-0.39, 0.29) is 17.5 Å². The minimum atomic E-state index is -3.58. The standard InChI is InChI=1S/C16H23NO3S/c1-3-9-15(4-2)17-21(19,20)16-12-6-5-10-14(16)11-7-8-13-18/h5-6,10,12,15,17-18H,3-4,8-9,13H2,1-2H3. The zero-order chi connectivity index (χ0) is 15.7. The van der Waals surface area contributed by atoms with Crippen LogP contribution in [0.25, 0.3) is 0 Å². The molecular formula is C16H23NO3S. The second-order valence-corrected chi connectivity index (χ2v) is 6.47. The molecule has 116 valence electrons. The fourth-order valence-corrected chi connectivity index (χ4v) is 3.51. The Balaban J connectivity index is 3.06. The first-order valence-electron chi connectivity index (χ1n) is 7.26. The highest BCUT2D eigenvalue weighted by atomic mass is 32.2. The number of benzene rings is 1. The van der Waals surface area contributed by atoms with E-state index in [4.69, 9.17) is 5.11 Å². The largest absolute Gasteiger partial charge is 0.395 e. The molecule has 1 atom stereocenters. The molecule has 0 saturated heterocycles. The normalized spacial score (nSPS) is 12.5. The van der Waals surface area contributed by atoms with Gasteiger partial charge in [-0.15, -0.1) is 0 Å². The van der Waals surface area contributed by atoms with Gasteiger partial charge < -0.3 is 5.11 Å². The van der Waals surface area contributed by atoms with Crippen molar-refractivity contribution in [3.8, 4) is 11.8 Å². The average Bonchev–Trinajstić information content (AvgIpc) is 2.47. The lowest BCUT2D eigenvalue weighted by Crippen LogP contribution is -2.34. The maximum atomic E-state index is 12.5. The van der Waals surface area contributed by atoms with E-state index in [2.05, 4.69) is 16.6 Å². The van der Waals surface area contributed by atoms with Crippen molar-refractivity contribution in [2.24, 2.45) is 0 Å². The number of aliphatic hydroxyl groups excluding tert-OH is 1. The summed E-state index contributed by atoms with van der Waals surface area (Å²) in [6, 6.07) is 6.63. The first-order valence-corrected chi connectivity index (χ1v) is 8.74. The molecule has 0 saturated carbocycles. The van der Waals surface area contributed by atoms with Crippen LogP contribution in [-0.4, -0.2) is 26.2 Å². The summed E-state index contributed by atoms with van der Waals surface area (Å²) in [5.74, 6) is 5.58. The van der Waals surface area contributed by atoms with E-state index in [0.29, 0.717) is 12.0 Å². The van der Waals surface area contributed by atoms with Crippen LogP contribution in [-0.2, 0) is 10.0 Å². The number of nitrogens with one attached hydrogen (secondary N) is 1. The van der Waals surface area contributed by atoms with Gasteiger partial charge in [0.15, 0.2) is 0 Å². The molecule has 0 aliphatic carbocycles. The van der Waals surface area contributed by atoms with Crippen LogP contribution in [0.3, 0.4) is 0 Å². The lowest BCUT2D eigenvalue weighted by atomic mass is 10.1. The van der Waals surface area contributed by atoms with E-state index < -0.39 is 10.0 Å². The van der Waals surface area contributed by atoms with Crippen molar-refractivity contribution < 1.29 is 13.5 Å². The SMILES string of the molecule is CCCC(CC)NS(=O)(=O)c1ccccc1C#CCCO. The minimum absolute atomic E-state index is 0.0332. The Hall–Kier alpha value is -1.35. The molecule has 1 aromatic carbocycles. The molecule has 0 radical (unpaired) electrons. The zero-order valence-electron chi connectivity index (χ0n) is 12.6. The fraction of sp³-hybridized carbons (Fsp3) is 0.500. The molecule has 0 amide bonds. The Morgan fingerprint density at radius 3 is 2.62 bits per heavy atom. The van der Waals surface area contributed by atoms with Crippen molar-refractivity contribution >= 4 is 10.0 Å². The van der Waals surface area contributed by atoms with Crippen molar-refractivity contribution in [1.29, 1.82) is 0 Å². The Labute approximate surface area is 127 Å². The van der Waals surface area contributed by atoms with Crippen molar-refractivity contribution in [3.63, 3.8) is 0 Å². The van der Waals surface area contributed by atoms with Crippen LogP contribution < -0.4 is 4.72 Å². The molecule has 2 N–H and O–H groups in total. The molecule has 0 aromatic heterocycles. The second kappa shape index (κ2) is 8.83. The summed E-state index contributed by atoms with van der Waals surface area (Å²) in [7, 11) is -3.58. The van der Waals surface area contributed by atoms with Gasteiger partial charge in [-0.3, -0.25) is 0 Å². The minimum Gasteiger partial charge on any atom is -0.395 e. The summed E-state index contributed by atoms with van der Waals surface area (Å²) in [5.41, 5.74) is 0.463. The molecular weight excluding hydrogens is 286 g/mol. The summed E-state index contributed by atoms with van der Waals surface area (Å²) in [4.78, 5) is 0.199. The molecule has 0 aliphatic heterocycles. The van der Waals surface area contributed by atoms with Crippen LogP contribution in [0, 0.1) is 11.8 Å². The fourth-order valence-electron chi connectivity index (χ4n) is 2.00. The van der Waals surface area contributed by atoms with Crippen LogP contribution in [0.5, 0.6) is 0 Å². The van der Waals surface area contributed by atoms with Gasteiger partial charge in [-0.1, -0.05) is 44.2 Å². The quantitative estimate of drug-likeness (QED) is 0.759. The maximum absolute atomic E-state index is 12.5. The van der Waals surface area contributed by atoms with Gasteiger partial charge in [0.05, 0.1) is 11.5 Å². The van der Waals surface area contributed by atoms with Crippen LogP contribution in [0.4, 0.5) is 0 Å². The third kappa shape index (κ3) is 5.50. The molecule has 1 unspecified atom stereocenters. The number of hydrogen-bond acceptors (Lipinski definition) is 3. The molecule has 0 bridgehead atoms. The Kier molecular flexibility index (Phi) is 7.44. The van der Waals surface area contributed by atoms with Gasteiger partial charge in [-0.25, -0.2) is 13.1 Å². The van der Waals surface area contributed by atoms with E-state index in [1.165, 1.54) is 0 Å². The lowest BCUT2D eigenvalue weighted by Gasteiger charge is -2.16. The topological polar surface area (TPSA) is 66.4 Å². The Morgan fingerprint density at radius 2 is 2.00 bits per heavy atom. The highest BCUT2D eigenvalue weighted by Gasteiger charge is 2.20. The van der Waals surface area contributed by atoms with Gasteiger partial charge >= 0.3 is 0 Å². The lowest BCUT2D eigenvalue weighted by molar-refractivity contribution is 0.305. The van der Waals surface area contributed by atoms with Gasteiger partial charge in [0.25, 0.3) is 0 Å². The maximum Gasteiger partial charge on any atom is 0.242 e. The predicted octanol–water partition coefficient (Wildman–Crippen LogP) is 2.28. The molecule has 0 fully saturated rings. The molecule has 0 heterocycles. The molecule has 21 heavy (non-hydrogen) atoms. The summed E-state index contributed by atoms with van der Waals surface area (Å²) in [6.45, 7) is 3.97. The molecule has 4 nitrogen and oxygen atoms in total. The Bertz CT molecular complexity index is 599. The zero-order valence-corrected chi connectivity index (χ0v) is 13.4. The molecule has 0 spiro atoms. The first-order chi connectivity index (χ1) is 10.0. The molecule has 1 rings (SSSR count). The van der Waals surface area contributed by atoms with Crippen LogP contribution in [0.1, 0.15) is 45.1 Å². The molecule has 0 aliphatic rings. The van der Waals surface area contributed by atoms with Crippen LogP contribution in [0.15, 0.2) is 29.2 Å². The van der Waals surface area contributed by atoms with E-state index in [1.807, 2.05) is 13.8 Å². The number of aliphatic hydroxyl groups is 1. The smallest absolute Gasteiger partial charge is 0.242 e. The van der Waals surface area contributed by atoms with E-state index in [9.17, 15) is 8.42 Å². The monoisotopic (exact) mass is 309 g/mol. The third-order valence-corrected chi connectivity index (χ3v) is 4.67. The van der Waals surface area contributed by atoms with E-state index in [1.54, 1.807) is 24.3 Å². The van der Waals surface area contributed by atoms with Gasteiger partial charge in [-0.05, 0) is 25.0 Å². The Morgan fingerprint density at radius 1 is 1.29 bits per heavy atom. The highest BCUT2D eigenvalue weighted by Crippen LogP contribution is 2.16. The predicted molar refractivity (Wildman–Crippen MR) is 84.3 cm³/mol. The third-order valence-electron chi connectivity index (χ3n) is 3.09. The van der Waals surface area contributed by atoms with E-state index in [0.717, 1.165) is 19.3 Å². The number of rotatable bonds is 7. The highest BCUT2D eigenvalue weighted by molar-refractivity contribution is 7.89. The second-order valence-electron chi connectivity index (χ2n) is 4.79. The first kappa shape index (κ1) is 17.7. The van der Waals surface area contributed by atoms with Crippen molar-refractivity contribution in [1.82, 2.24) is 4.72 Å². The van der Waals surface area contributed by atoms with Crippen molar-refractivity contribution in [3.05, 3.63) is 29.8 Å². The summed E-state index contributed by atoms with van der Waals surface area (Å²) in [5, 5.41) is 8.75. The molecule has 1 aromatic rings. The summed E-state index contributed by atoms with van der Waals surface area (Å²) < 4.78 is 27.7. The summed E-state index contributed by atoms with van der Waals surface area (Å²) >= 11 is 0. The van der Waals surface area contributed by atoms with Crippen LogP contribution >= 0.6 is 0 Å².